The average molecular weight is 378 g/mol. The van der Waals surface area contributed by atoms with E-state index in [0.29, 0.717) is 23.5 Å². The summed E-state index contributed by atoms with van der Waals surface area (Å²) in [5.74, 6) is 0.535. The number of nitrogens with one attached hydrogen (secondary N) is 1. The van der Waals surface area contributed by atoms with E-state index in [4.69, 9.17) is 14.0 Å². The highest BCUT2D eigenvalue weighted by Crippen LogP contribution is 2.38. The molecular weight excluding hydrogens is 347 g/mol. The van der Waals surface area contributed by atoms with E-state index in [1.165, 1.54) is 6.07 Å². The molecule has 0 amide bonds. The lowest BCUT2D eigenvalue weighted by molar-refractivity contribution is -0.383. The van der Waals surface area contributed by atoms with Crippen LogP contribution in [0.25, 0.3) is 0 Å². The van der Waals surface area contributed by atoms with Gasteiger partial charge in [-0.2, -0.15) is 0 Å². The maximum absolute atomic E-state index is 11.7. The fourth-order valence-electron chi connectivity index (χ4n) is 2.73. The van der Waals surface area contributed by atoms with Gasteiger partial charge in [0.1, 0.15) is 11.4 Å². The highest BCUT2D eigenvalue weighted by atomic mass is 16.7. The van der Waals surface area contributed by atoms with E-state index in [2.05, 4.69) is 5.32 Å². The maximum Gasteiger partial charge on any atom is 0.498 e. The van der Waals surface area contributed by atoms with Gasteiger partial charge in [0, 0.05) is 23.1 Å². The van der Waals surface area contributed by atoms with Gasteiger partial charge in [-0.05, 0) is 54.9 Å². The van der Waals surface area contributed by atoms with Crippen molar-refractivity contribution < 1.29 is 19.0 Å². The van der Waals surface area contributed by atoms with Crippen molar-refractivity contribution in [3.63, 3.8) is 0 Å². The fourth-order valence-corrected chi connectivity index (χ4v) is 2.73. The number of anilines is 1. The Hall–Kier alpha value is -1.80. The zero-order valence-corrected chi connectivity index (χ0v) is 17.6. The molecule has 1 saturated heterocycles. The Balaban J connectivity index is 2.55. The standard InChI is InChI=1S/C19H31BN2O5/c1-9-10-25-16-12-14(21-17(2,3)4)15(22(23)24)11-13(16)20-26-18(5,6)19(7,8)27-20/h11-12,21H,9-10H2,1-8H3. The molecule has 0 atom stereocenters. The molecule has 1 heterocycles. The molecule has 0 radical (unpaired) electrons. The van der Waals surface area contributed by atoms with Gasteiger partial charge in [-0.1, -0.05) is 6.92 Å². The second kappa shape index (κ2) is 7.32. The van der Waals surface area contributed by atoms with Crippen molar-refractivity contribution in [2.45, 2.75) is 78.6 Å². The summed E-state index contributed by atoms with van der Waals surface area (Å²) in [6, 6.07) is 3.18. The molecular formula is C19H31BN2O5. The minimum atomic E-state index is -0.732. The van der Waals surface area contributed by atoms with Crippen LogP contribution in [0, 0.1) is 10.1 Å². The Morgan fingerprint density at radius 3 is 2.19 bits per heavy atom. The van der Waals surface area contributed by atoms with E-state index in [0.717, 1.165) is 6.42 Å². The van der Waals surface area contributed by atoms with Gasteiger partial charge < -0.3 is 19.4 Å². The number of rotatable bonds is 6. The van der Waals surface area contributed by atoms with Crippen molar-refractivity contribution in [2.75, 3.05) is 11.9 Å². The molecule has 1 aromatic rings. The van der Waals surface area contributed by atoms with E-state index in [9.17, 15) is 10.1 Å². The van der Waals surface area contributed by atoms with E-state index >= 15 is 0 Å². The van der Waals surface area contributed by atoms with Crippen LogP contribution in [-0.4, -0.2) is 35.4 Å². The molecule has 2 rings (SSSR count). The van der Waals surface area contributed by atoms with Crippen LogP contribution in [-0.2, 0) is 9.31 Å². The molecule has 1 aliphatic rings. The Labute approximate surface area is 162 Å². The highest BCUT2D eigenvalue weighted by molar-refractivity contribution is 6.63. The summed E-state index contributed by atoms with van der Waals surface area (Å²) in [5, 5.41) is 14.9. The number of nitrogens with zero attached hydrogens (tertiary/aromatic N) is 1. The highest BCUT2D eigenvalue weighted by Gasteiger charge is 2.53. The molecule has 0 unspecified atom stereocenters. The summed E-state index contributed by atoms with van der Waals surface area (Å²) >= 11 is 0. The quantitative estimate of drug-likeness (QED) is 0.459. The first-order valence-corrected chi connectivity index (χ1v) is 9.36. The van der Waals surface area contributed by atoms with Gasteiger partial charge in [0.2, 0.25) is 0 Å². The van der Waals surface area contributed by atoms with E-state index in [-0.39, 0.29) is 11.2 Å². The molecule has 1 aromatic carbocycles. The van der Waals surface area contributed by atoms with Crippen molar-refractivity contribution in [2.24, 2.45) is 0 Å². The topological polar surface area (TPSA) is 82.9 Å². The molecule has 1 aliphatic heterocycles. The molecule has 27 heavy (non-hydrogen) atoms. The number of benzene rings is 1. The smallest absolute Gasteiger partial charge is 0.494 e. The largest absolute Gasteiger partial charge is 0.498 e. The number of ether oxygens (including phenoxy) is 1. The summed E-state index contributed by atoms with van der Waals surface area (Å²) in [6.45, 7) is 16.1. The predicted molar refractivity (Wildman–Crippen MR) is 108 cm³/mol. The first kappa shape index (κ1) is 21.5. The molecule has 0 bridgehead atoms. The summed E-state index contributed by atoms with van der Waals surface area (Å²) in [6.07, 6.45) is 0.821. The maximum atomic E-state index is 11.7. The van der Waals surface area contributed by atoms with Gasteiger partial charge in [-0.25, -0.2) is 0 Å². The lowest BCUT2D eigenvalue weighted by atomic mass is 9.77. The molecule has 0 spiro atoms. The second-order valence-electron chi connectivity index (χ2n) is 8.98. The number of nitro benzene ring substituents is 1. The Morgan fingerprint density at radius 1 is 1.19 bits per heavy atom. The third-order valence-electron chi connectivity index (χ3n) is 4.80. The molecule has 1 N–H and O–H groups in total. The van der Waals surface area contributed by atoms with E-state index in [1.807, 2.05) is 55.4 Å². The first-order valence-electron chi connectivity index (χ1n) is 9.36. The van der Waals surface area contributed by atoms with Gasteiger partial charge in [0.25, 0.3) is 5.69 Å². The van der Waals surface area contributed by atoms with Crippen LogP contribution >= 0.6 is 0 Å². The summed E-state index contributed by atoms with van der Waals surface area (Å²) in [4.78, 5) is 11.3. The Morgan fingerprint density at radius 2 is 1.74 bits per heavy atom. The van der Waals surface area contributed by atoms with Gasteiger partial charge in [0.05, 0.1) is 22.7 Å². The summed E-state index contributed by atoms with van der Waals surface area (Å²) in [7, 11) is -0.732. The first-order chi connectivity index (χ1) is 12.3. The molecule has 0 aliphatic carbocycles. The molecule has 150 valence electrons. The number of hydrogen-bond acceptors (Lipinski definition) is 6. The van der Waals surface area contributed by atoms with Crippen molar-refractivity contribution in [1.82, 2.24) is 0 Å². The average Bonchev–Trinajstić information content (AvgIpc) is 2.71. The van der Waals surface area contributed by atoms with E-state index < -0.39 is 23.2 Å². The zero-order chi connectivity index (χ0) is 20.6. The van der Waals surface area contributed by atoms with Crippen LogP contribution in [0.5, 0.6) is 5.75 Å². The van der Waals surface area contributed by atoms with Gasteiger partial charge in [0.15, 0.2) is 0 Å². The molecule has 8 heteroatoms. The SMILES string of the molecule is CCCOc1cc(NC(C)(C)C)c([N+](=O)[O-])cc1B1OC(C)(C)C(C)(C)O1. The molecule has 0 aromatic heterocycles. The lowest BCUT2D eigenvalue weighted by Gasteiger charge is -2.32. The normalized spacial score (nSPS) is 18.4. The Kier molecular flexibility index (Phi) is 5.83. The predicted octanol–water partition coefficient (Wildman–Crippen LogP) is 3.89. The third-order valence-corrected chi connectivity index (χ3v) is 4.80. The zero-order valence-electron chi connectivity index (χ0n) is 17.6. The molecule has 7 nitrogen and oxygen atoms in total. The van der Waals surface area contributed by atoms with Crippen LogP contribution in [0.1, 0.15) is 61.8 Å². The van der Waals surface area contributed by atoms with Crippen LogP contribution in [0.2, 0.25) is 0 Å². The third kappa shape index (κ3) is 4.73. The van der Waals surface area contributed by atoms with Gasteiger partial charge in [-0.3, -0.25) is 10.1 Å². The Bertz CT molecular complexity index is 697. The van der Waals surface area contributed by atoms with E-state index in [1.54, 1.807) is 6.07 Å². The van der Waals surface area contributed by atoms with Gasteiger partial charge in [-0.15, -0.1) is 0 Å². The monoisotopic (exact) mass is 378 g/mol. The lowest BCUT2D eigenvalue weighted by Crippen LogP contribution is -2.41. The fraction of sp³-hybridized carbons (Fsp3) is 0.684. The van der Waals surface area contributed by atoms with Crippen LogP contribution in [0.3, 0.4) is 0 Å². The summed E-state index contributed by atoms with van der Waals surface area (Å²) < 4.78 is 18.1. The van der Waals surface area contributed by atoms with Crippen LogP contribution < -0.4 is 15.5 Å². The van der Waals surface area contributed by atoms with Crippen molar-refractivity contribution in [3.8, 4) is 5.75 Å². The number of nitro groups is 1. The summed E-state index contributed by atoms with van der Waals surface area (Å²) in [5.41, 5.74) is -0.502. The van der Waals surface area contributed by atoms with Crippen molar-refractivity contribution >= 4 is 24.0 Å². The molecule has 0 saturated carbocycles. The van der Waals surface area contributed by atoms with Crippen LogP contribution in [0.15, 0.2) is 12.1 Å². The van der Waals surface area contributed by atoms with Crippen LogP contribution in [0.4, 0.5) is 11.4 Å². The van der Waals surface area contributed by atoms with Crippen molar-refractivity contribution in [3.05, 3.63) is 22.2 Å². The van der Waals surface area contributed by atoms with Crippen molar-refractivity contribution in [1.29, 1.82) is 0 Å². The second-order valence-corrected chi connectivity index (χ2v) is 8.98. The number of hydrogen-bond donors (Lipinski definition) is 1. The minimum Gasteiger partial charge on any atom is -0.494 e. The minimum absolute atomic E-state index is 0.0292. The van der Waals surface area contributed by atoms with Gasteiger partial charge >= 0.3 is 7.12 Å². The molecule has 1 fully saturated rings.